The average molecular weight is 199 g/mol. The Bertz CT molecular complexity index is 379. The van der Waals surface area contributed by atoms with Gasteiger partial charge < -0.3 is 10.8 Å². The van der Waals surface area contributed by atoms with Gasteiger partial charge in [-0.25, -0.2) is 8.78 Å². The zero-order valence-electron chi connectivity index (χ0n) is 7.00. The smallest absolute Gasteiger partial charge is 0.241 e. The molecular formula is C9H7F2NO2. The summed E-state index contributed by atoms with van der Waals surface area (Å²) < 4.78 is 25.4. The Morgan fingerprint density at radius 3 is 2.29 bits per heavy atom. The zero-order chi connectivity index (χ0) is 10.7. The molecule has 1 aromatic rings. The van der Waals surface area contributed by atoms with Gasteiger partial charge in [0.1, 0.15) is 0 Å². The molecule has 74 valence electrons. The molecule has 0 heterocycles. The van der Waals surface area contributed by atoms with E-state index >= 15 is 0 Å². The molecule has 0 radical (unpaired) electrons. The maximum atomic E-state index is 12.7. The third kappa shape index (κ3) is 2.29. The van der Waals surface area contributed by atoms with E-state index in [0.717, 1.165) is 24.3 Å². The van der Waals surface area contributed by atoms with Crippen LogP contribution in [0.2, 0.25) is 0 Å². The first-order valence-corrected chi connectivity index (χ1v) is 3.66. The molecule has 1 rings (SSSR count). The Labute approximate surface area is 78.5 Å². The molecule has 0 atom stereocenters. The van der Waals surface area contributed by atoms with Crippen molar-refractivity contribution in [2.45, 2.75) is 0 Å². The van der Waals surface area contributed by atoms with E-state index in [1.165, 1.54) is 0 Å². The van der Waals surface area contributed by atoms with E-state index in [1.54, 1.807) is 0 Å². The summed E-state index contributed by atoms with van der Waals surface area (Å²) in [5, 5.41) is 8.74. The van der Waals surface area contributed by atoms with E-state index in [4.69, 9.17) is 10.8 Å². The lowest BCUT2D eigenvalue weighted by Crippen LogP contribution is -2.05. The summed E-state index contributed by atoms with van der Waals surface area (Å²) in [4.78, 5) is 10.3. The molecule has 3 N–H and O–H groups in total. The van der Waals surface area contributed by atoms with E-state index in [-0.39, 0.29) is 5.56 Å². The minimum Gasteiger partial charge on any atom is -0.503 e. The topological polar surface area (TPSA) is 63.3 Å². The second-order valence-corrected chi connectivity index (χ2v) is 2.57. The minimum absolute atomic E-state index is 0.108. The van der Waals surface area contributed by atoms with Crippen molar-refractivity contribution in [1.82, 2.24) is 0 Å². The SMILES string of the molecule is NC(=O)/C=C/c1cc(F)c(O)c(F)c1. The lowest BCUT2D eigenvalue weighted by molar-refractivity contribution is -0.113. The monoisotopic (exact) mass is 199 g/mol. The van der Waals surface area contributed by atoms with E-state index in [0.29, 0.717) is 0 Å². The highest BCUT2D eigenvalue weighted by atomic mass is 19.1. The number of carbonyl (C=O) groups excluding carboxylic acids is 1. The average Bonchev–Trinajstić information content (AvgIpc) is 2.10. The summed E-state index contributed by atoms with van der Waals surface area (Å²) in [6.45, 7) is 0. The van der Waals surface area contributed by atoms with Gasteiger partial charge in [0.2, 0.25) is 5.91 Å². The Morgan fingerprint density at radius 2 is 1.86 bits per heavy atom. The van der Waals surface area contributed by atoms with Crippen LogP contribution in [0.25, 0.3) is 6.08 Å². The number of hydrogen-bond acceptors (Lipinski definition) is 2. The molecule has 0 bridgehead atoms. The number of amides is 1. The molecule has 5 heteroatoms. The van der Waals surface area contributed by atoms with Gasteiger partial charge >= 0.3 is 0 Å². The van der Waals surface area contributed by atoms with Gasteiger partial charge in [-0.05, 0) is 23.8 Å². The van der Waals surface area contributed by atoms with Gasteiger partial charge in [-0.15, -0.1) is 0 Å². The molecule has 0 aromatic heterocycles. The number of halogens is 2. The molecule has 3 nitrogen and oxygen atoms in total. The number of benzene rings is 1. The van der Waals surface area contributed by atoms with Gasteiger partial charge in [-0.1, -0.05) is 0 Å². The summed E-state index contributed by atoms with van der Waals surface area (Å²) in [5.41, 5.74) is 4.89. The normalized spacial score (nSPS) is 10.7. The second kappa shape index (κ2) is 3.87. The number of nitrogens with two attached hydrogens (primary N) is 1. The van der Waals surface area contributed by atoms with Crippen molar-refractivity contribution >= 4 is 12.0 Å². The molecular weight excluding hydrogens is 192 g/mol. The van der Waals surface area contributed by atoms with Gasteiger partial charge in [-0.2, -0.15) is 0 Å². The molecule has 14 heavy (non-hydrogen) atoms. The summed E-state index contributed by atoms with van der Waals surface area (Å²) >= 11 is 0. The van der Waals surface area contributed by atoms with Crippen LogP contribution in [0.3, 0.4) is 0 Å². The highest BCUT2D eigenvalue weighted by Gasteiger charge is 2.07. The first-order valence-electron chi connectivity index (χ1n) is 3.66. The molecule has 0 unspecified atom stereocenters. The van der Waals surface area contributed by atoms with Gasteiger partial charge in [0, 0.05) is 6.08 Å². The molecule has 0 aliphatic heterocycles. The van der Waals surface area contributed by atoms with E-state index in [2.05, 4.69) is 0 Å². The number of rotatable bonds is 2. The number of aromatic hydroxyl groups is 1. The number of carbonyl (C=O) groups is 1. The molecule has 0 spiro atoms. The maximum absolute atomic E-state index is 12.7. The van der Waals surface area contributed by atoms with Crippen molar-refractivity contribution in [1.29, 1.82) is 0 Å². The van der Waals surface area contributed by atoms with Crippen LogP contribution in [-0.4, -0.2) is 11.0 Å². The van der Waals surface area contributed by atoms with Gasteiger partial charge in [0.05, 0.1) is 0 Å². The Hall–Kier alpha value is -1.91. The fraction of sp³-hybridized carbons (Fsp3) is 0. The van der Waals surface area contributed by atoms with Crippen molar-refractivity contribution in [3.8, 4) is 5.75 Å². The molecule has 1 aromatic carbocycles. The van der Waals surface area contributed by atoms with E-state index in [1.807, 2.05) is 0 Å². The lowest BCUT2D eigenvalue weighted by Gasteiger charge is -1.98. The van der Waals surface area contributed by atoms with Crippen LogP contribution in [0.1, 0.15) is 5.56 Å². The Morgan fingerprint density at radius 1 is 1.36 bits per heavy atom. The van der Waals surface area contributed by atoms with Crippen LogP contribution < -0.4 is 5.73 Å². The molecule has 1 amide bonds. The standard InChI is InChI=1S/C9H7F2NO2/c10-6-3-5(1-2-8(12)13)4-7(11)9(6)14/h1-4,14H,(H2,12,13)/b2-1+. The second-order valence-electron chi connectivity index (χ2n) is 2.57. The zero-order valence-corrected chi connectivity index (χ0v) is 7.00. The predicted octanol–water partition coefficient (Wildman–Crippen LogP) is 1.17. The van der Waals surface area contributed by atoms with Crippen molar-refractivity contribution in [3.63, 3.8) is 0 Å². The van der Waals surface area contributed by atoms with Crippen molar-refractivity contribution in [3.05, 3.63) is 35.4 Å². The molecule has 0 aliphatic rings. The summed E-state index contributed by atoms with van der Waals surface area (Å²) in [5.74, 6) is -3.94. The number of phenols is 1. The van der Waals surface area contributed by atoms with E-state index in [9.17, 15) is 13.6 Å². The third-order valence-electron chi connectivity index (χ3n) is 1.48. The van der Waals surface area contributed by atoms with Gasteiger partial charge in [0.25, 0.3) is 0 Å². The minimum atomic E-state index is -1.09. The van der Waals surface area contributed by atoms with Crippen molar-refractivity contribution in [2.24, 2.45) is 5.73 Å². The fourth-order valence-electron chi connectivity index (χ4n) is 0.860. The lowest BCUT2D eigenvalue weighted by atomic mass is 10.2. The van der Waals surface area contributed by atoms with E-state index < -0.39 is 23.3 Å². The summed E-state index contributed by atoms with van der Waals surface area (Å²) in [7, 11) is 0. The fourth-order valence-corrected chi connectivity index (χ4v) is 0.860. The van der Waals surface area contributed by atoms with Crippen LogP contribution >= 0.6 is 0 Å². The van der Waals surface area contributed by atoms with Crippen LogP contribution in [0.15, 0.2) is 18.2 Å². The predicted molar refractivity (Wildman–Crippen MR) is 46.3 cm³/mol. The quantitative estimate of drug-likeness (QED) is 0.702. The number of phenolic OH excluding ortho intramolecular Hbond substituents is 1. The highest BCUT2D eigenvalue weighted by molar-refractivity contribution is 5.90. The van der Waals surface area contributed by atoms with Crippen LogP contribution in [0.4, 0.5) is 8.78 Å². The largest absolute Gasteiger partial charge is 0.503 e. The Kier molecular flexibility index (Phi) is 2.81. The molecule has 0 fully saturated rings. The number of hydrogen-bond donors (Lipinski definition) is 2. The summed E-state index contributed by atoms with van der Waals surface area (Å²) in [6.07, 6.45) is 2.11. The first kappa shape index (κ1) is 10.2. The van der Waals surface area contributed by atoms with Gasteiger partial charge in [0.15, 0.2) is 17.4 Å². The van der Waals surface area contributed by atoms with Gasteiger partial charge in [-0.3, -0.25) is 4.79 Å². The third-order valence-corrected chi connectivity index (χ3v) is 1.48. The van der Waals surface area contributed by atoms with Crippen molar-refractivity contribution < 1.29 is 18.7 Å². The maximum Gasteiger partial charge on any atom is 0.241 e. The molecule has 0 saturated carbocycles. The van der Waals surface area contributed by atoms with Crippen LogP contribution in [0, 0.1) is 11.6 Å². The molecule has 0 saturated heterocycles. The van der Waals surface area contributed by atoms with Crippen molar-refractivity contribution in [2.75, 3.05) is 0 Å². The Balaban J connectivity index is 3.07. The first-order chi connectivity index (χ1) is 6.50. The molecule has 0 aliphatic carbocycles. The van der Waals surface area contributed by atoms with Crippen LogP contribution in [0.5, 0.6) is 5.75 Å². The number of primary amides is 1. The van der Waals surface area contributed by atoms with Crippen LogP contribution in [-0.2, 0) is 4.79 Å². The highest BCUT2D eigenvalue weighted by Crippen LogP contribution is 2.21. The summed E-state index contributed by atoms with van der Waals surface area (Å²) in [6, 6.07) is 1.77.